The molecule has 0 aromatic heterocycles. The second-order valence-corrected chi connectivity index (χ2v) is 7.48. The maximum absolute atomic E-state index is 9.63. The van der Waals surface area contributed by atoms with E-state index in [2.05, 4.69) is 33.4 Å². The largest absolute Gasteiger partial charge is 0.368 e. The zero-order valence-electron chi connectivity index (χ0n) is 16.5. The average Bonchev–Trinajstić information content (AvgIpc) is 2.55. The van der Waals surface area contributed by atoms with Gasteiger partial charge < -0.3 is 10.2 Å². The molecule has 0 radical (unpaired) electrons. The van der Waals surface area contributed by atoms with E-state index in [-0.39, 0.29) is 5.92 Å². The van der Waals surface area contributed by atoms with Gasteiger partial charge in [-0.15, -0.1) is 6.58 Å². The molecule has 2 N–H and O–H groups in total. The average molecular weight is 339 g/mol. The number of allylic oxidation sites excluding steroid dienone is 3. The standard InChI is InChI=1S/C22H42O2/c1-5-7-8-9-10-11-12-13-17-21(22(23)24)18-20(4)16-14-15-19(3)6-2/h6,16,19,21-24H,2,5,7-15,17-18H2,1,3-4H3. The summed E-state index contributed by atoms with van der Waals surface area (Å²) in [5, 5.41) is 19.3. The van der Waals surface area contributed by atoms with E-state index in [4.69, 9.17) is 0 Å². The second-order valence-electron chi connectivity index (χ2n) is 7.48. The quantitative estimate of drug-likeness (QED) is 0.195. The van der Waals surface area contributed by atoms with Crippen molar-refractivity contribution in [3.8, 4) is 0 Å². The van der Waals surface area contributed by atoms with E-state index in [9.17, 15) is 10.2 Å². The molecule has 0 saturated heterocycles. The van der Waals surface area contributed by atoms with Crippen LogP contribution in [0.2, 0.25) is 0 Å². The SMILES string of the molecule is C=CC(C)CCC=C(C)CC(CCCCCCCCCC)C(O)O. The predicted octanol–water partition coefficient (Wildman–Crippen LogP) is 6.38. The molecule has 2 heteroatoms. The molecule has 0 aliphatic rings. The molecule has 0 amide bonds. The zero-order chi connectivity index (χ0) is 18.2. The Bertz CT molecular complexity index is 320. The van der Waals surface area contributed by atoms with Crippen LogP contribution in [0.25, 0.3) is 0 Å². The fraction of sp³-hybridized carbons (Fsp3) is 0.818. The third-order valence-electron chi connectivity index (χ3n) is 4.95. The third kappa shape index (κ3) is 13.8. The van der Waals surface area contributed by atoms with Gasteiger partial charge >= 0.3 is 0 Å². The molecule has 0 heterocycles. The Morgan fingerprint density at radius 2 is 1.54 bits per heavy atom. The van der Waals surface area contributed by atoms with Crippen LogP contribution in [0.15, 0.2) is 24.3 Å². The van der Waals surface area contributed by atoms with Crippen LogP contribution in [0.4, 0.5) is 0 Å². The van der Waals surface area contributed by atoms with Crippen LogP contribution >= 0.6 is 0 Å². The molecule has 0 fully saturated rings. The van der Waals surface area contributed by atoms with Gasteiger partial charge in [0, 0.05) is 5.92 Å². The van der Waals surface area contributed by atoms with Crippen molar-refractivity contribution in [3.05, 3.63) is 24.3 Å². The Morgan fingerprint density at radius 3 is 2.08 bits per heavy atom. The maximum atomic E-state index is 9.63. The lowest BCUT2D eigenvalue weighted by molar-refractivity contribution is -0.0860. The molecule has 24 heavy (non-hydrogen) atoms. The van der Waals surface area contributed by atoms with Crippen LogP contribution < -0.4 is 0 Å². The van der Waals surface area contributed by atoms with E-state index in [0.29, 0.717) is 5.92 Å². The molecule has 0 spiro atoms. The Kier molecular flexibility index (Phi) is 15.5. The Labute approximate surface area is 151 Å². The maximum Gasteiger partial charge on any atom is 0.154 e. The normalized spacial score (nSPS) is 14.8. The minimum Gasteiger partial charge on any atom is -0.368 e. The molecule has 2 nitrogen and oxygen atoms in total. The van der Waals surface area contributed by atoms with Crippen molar-refractivity contribution in [2.75, 3.05) is 0 Å². The molecule has 0 aliphatic carbocycles. The molecule has 0 aromatic rings. The lowest BCUT2D eigenvalue weighted by atomic mass is 9.92. The first-order valence-electron chi connectivity index (χ1n) is 10.2. The topological polar surface area (TPSA) is 40.5 Å². The summed E-state index contributed by atoms with van der Waals surface area (Å²) < 4.78 is 0. The summed E-state index contributed by atoms with van der Waals surface area (Å²) in [5.74, 6) is 0.531. The number of rotatable bonds is 16. The summed E-state index contributed by atoms with van der Waals surface area (Å²) in [5.41, 5.74) is 1.28. The smallest absolute Gasteiger partial charge is 0.154 e. The van der Waals surface area contributed by atoms with E-state index in [1.807, 2.05) is 6.08 Å². The number of hydrogen-bond acceptors (Lipinski definition) is 2. The summed E-state index contributed by atoms with van der Waals surface area (Å²) in [6.07, 6.45) is 17.2. The zero-order valence-corrected chi connectivity index (χ0v) is 16.5. The Morgan fingerprint density at radius 1 is 0.958 bits per heavy atom. The van der Waals surface area contributed by atoms with Crippen molar-refractivity contribution in [1.29, 1.82) is 0 Å². The van der Waals surface area contributed by atoms with Crippen LogP contribution in [0.1, 0.15) is 97.8 Å². The highest BCUT2D eigenvalue weighted by Gasteiger charge is 2.16. The summed E-state index contributed by atoms with van der Waals surface area (Å²) >= 11 is 0. The first-order valence-corrected chi connectivity index (χ1v) is 10.2. The van der Waals surface area contributed by atoms with Crippen LogP contribution in [0, 0.1) is 11.8 Å². The Hall–Kier alpha value is -0.600. The lowest BCUT2D eigenvalue weighted by Crippen LogP contribution is -2.20. The van der Waals surface area contributed by atoms with Gasteiger partial charge in [-0.2, -0.15) is 0 Å². The molecule has 0 saturated carbocycles. The number of aliphatic hydroxyl groups excluding tert-OH is 1. The highest BCUT2D eigenvalue weighted by molar-refractivity contribution is 5.00. The first-order chi connectivity index (χ1) is 11.5. The molecule has 2 unspecified atom stereocenters. The van der Waals surface area contributed by atoms with E-state index in [0.717, 1.165) is 32.1 Å². The Balaban J connectivity index is 3.91. The molecular formula is C22H42O2. The minimum absolute atomic E-state index is 0.0156. The van der Waals surface area contributed by atoms with Crippen molar-refractivity contribution in [2.24, 2.45) is 11.8 Å². The van der Waals surface area contributed by atoms with E-state index < -0.39 is 6.29 Å². The highest BCUT2D eigenvalue weighted by atomic mass is 16.5. The minimum atomic E-state index is -1.19. The first kappa shape index (κ1) is 23.4. The van der Waals surface area contributed by atoms with Gasteiger partial charge in [-0.05, 0) is 38.5 Å². The van der Waals surface area contributed by atoms with Crippen LogP contribution in [-0.4, -0.2) is 16.5 Å². The molecule has 0 aliphatic heterocycles. The monoisotopic (exact) mass is 338 g/mol. The van der Waals surface area contributed by atoms with Crippen molar-refractivity contribution in [3.63, 3.8) is 0 Å². The highest BCUT2D eigenvalue weighted by Crippen LogP contribution is 2.22. The van der Waals surface area contributed by atoms with Gasteiger partial charge in [0.15, 0.2) is 6.29 Å². The predicted molar refractivity (Wildman–Crippen MR) is 106 cm³/mol. The van der Waals surface area contributed by atoms with Gasteiger partial charge in [0.25, 0.3) is 0 Å². The van der Waals surface area contributed by atoms with Crippen molar-refractivity contribution < 1.29 is 10.2 Å². The van der Waals surface area contributed by atoms with Gasteiger partial charge in [-0.1, -0.05) is 82.9 Å². The molecule has 2 atom stereocenters. The molecule has 0 bridgehead atoms. The van der Waals surface area contributed by atoms with Gasteiger partial charge in [0.05, 0.1) is 0 Å². The summed E-state index contributed by atoms with van der Waals surface area (Å²) in [7, 11) is 0. The summed E-state index contributed by atoms with van der Waals surface area (Å²) in [6.45, 7) is 10.4. The summed E-state index contributed by atoms with van der Waals surface area (Å²) in [4.78, 5) is 0. The van der Waals surface area contributed by atoms with E-state index in [1.54, 1.807) is 0 Å². The van der Waals surface area contributed by atoms with E-state index >= 15 is 0 Å². The number of hydrogen-bond donors (Lipinski definition) is 2. The molecular weight excluding hydrogens is 296 g/mol. The molecule has 0 rings (SSSR count). The lowest BCUT2D eigenvalue weighted by Gasteiger charge is -2.19. The van der Waals surface area contributed by atoms with Gasteiger partial charge in [-0.3, -0.25) is 0 Å². The summed E-state index contributed by atoms with van der Waals surface area (Å²) in [6, 6.07) is 0. The fourth-order valence-corrected chi connectivity index (χ4v) is 3.10. The van der Waals surface area contributed by atoms with Gasteiger partial charge in [0.1, 0.15) is 0 Å². The van der Waals surface area contributed by atoms with Crippen LogP contribution in [0.5, 0.6) is 0 Å². The van der Waals surface area contributed by atoms with Crippen LogP contribution in [0.3, 0.4) is 0 Å². The molecule has 0 aromatic carbocycles. The van der Waals surface area contributed by atoms with Crippen molar-refractivity contribution in [2.45, 2.75) is 104 Å². The number of unbranched alkanes of at least 4 members (excludes halogenated alkanes) is 7. The van der Waals surface area contributed by atoms with Gasteiger partial charge in [-0.25, -0.2) is 0 Å². The van der Waals surface area contributed by atoms with Crippen LogP contribution in [-0.2, 0) is 0 Å². The fourth-order valence-electron chi connectivity index (χ4n) is 3.10. The number of aliphatic hydroxyl groups is 2. The second kappa shape index (κ2) is 15.9. The third-order valence-corrected chi connectivity index (χ3v) is 4.95. The van der Waals surface area contributed by atoms with Gasteiger partial charge in [0.2, 0.25) is 0 Å². The van der Waals surface area contributed by atoms with Crippen molar-refractivity contribution >= 4 is 0 Å². The molecule has 142 valence electrons. The van der Waals surface area contributed by atoms with Crippen molar-refractivity contribution in [1.82, 2.24) is 0 Å². The van der Waals surface area contributed by atoms with E-state index in [1.165, 1.54) is 50.5 Å².